The lowest BCUT2D eigenvalue weighted by atomic mass is 10.0. The van der Waals surface area contributed by atoms with Gasteiger partial charge in [0.25, 0.3) is 5.91 Å². The number of aliphatic hydroxyl groups excluding tert-OH is 1. The Hall–Kier alpha value is -3.35. The fraction of sp³-hybridized carbons (Fsp3) is 0.533. The predicted molar refractivity (Wildman–Crippen MR) is 155 cm³/mol. The van der Waals surface area contributed by atoms with Gasteiger partial charge in [-0.05, 0) is 82.6 Å². The lowest BCUT2D eigenvalue weighted by Gasteiger charge is -2.34. The van der Waals surface area contributed by atoms with E-state index in [4.69, 9.17) is 9.47 Å². The van der Waals surface area contributed by atoms with Crippen LogP contribution in [-0.4, -0.2) is 73.5 Å². The summed E-state index contributed by atoms with van der Waals surface area (Å²) in [5.74, 6) is -0.0841. The summed E-state index contributed by atoms with van der Waals surface area (Å²) in [7, 11) is 1.85. The fourth-order valence-electron chi connectivity index (χ4n) is 4.73. The molecule has 0 saturated carbocycles. The van der Waals surface area contributed by atoms with Gasteiger partial charge in [0.1, 0.15) is 5.75 Å². The zero-order valence-corrected chi connectivity index (χ0v) is 24.5. The zero-order valence-electron chi connectivity index (χ0n) is 24.5. The molecule has 2 aromatic carbocycles. The van der Waals surface area contributed by atoms with Crippen LogP contribution in [0, 0.1) is 5.92 Å². The SMILES string of the molecule is CNC[C@@H]1OCCCC[C@H](C)Oc2ccc(NC(=O)Nc3ccc(C(F)(F)F)cc3)cc2C(=O)N([C@H](C)CO)C[C@@H]1C. The highest BCUT2D eigenvalue weighted by atomic mass is 19.4. The quantitative estimate of drug-likeness (QED) is 0.358. The molecule has 9 nitrogen and oxygen atoms in total. The van der Waals surface area contributed by atoms with Crippen LogP contribution in [0.4, 0.5) is 29.3 Å². The van der Waals surface area contributed by atoms with Crippen molar-refractivity contribution in [3.05, 3.63) is 53.6 Å². The molecule has 3 rings (SSSR count). The van der Waals surface area contributed by atoms with Crippen LogP contribution in [0.3, 0.4) is 0 Å². The maximum atomic E-state index is 14.0. The van der Waals surface area contributed by atoms with Gasteiger partial charge in [-0.1, -0.05) is 6.92 Å². The lowest BCUT2D eigenvalue weighted by molar-refractivity contribution is -0.137. The first-order valence-corrected chi connectivity index (χ1v) is 14.2. The highest BCUT2D eigenvalue weighted by molar-refractivity contribution is 6.02. The number of hydrogen-bond acceptors (Lipinski definition) is 6. The number of nitrogens with zero attached hydrogens (tertiary/aromatic N) is 1. The molecule has 1 heterocycles. The Morgan fingerprint density at radius 2 is 1.76 bits per heavy atom. The zero-order chi connectivity index (χ0) is 30.9. The van der Waals surface area contributed by atoms with Crippen LogP contribution >= 0.6 is 0 Å². The number of halogens is 3. The van der Waals surface area contributed by atoms with E-state index in [1.54, 1.807) is 24.0 Å². The van der Waals surface area contributed by atoms with Crippen molar-refractivity contribution in [2.45, 2.75) is 64.5 Å². The monoisotopic (exact) mass is 594 g/mol. The van der Waals surface area contributed by atoms with Crippen molar-refractivity contribution in [2.24, 2.45) is 5.92 Å². The number of likely N-dealkylation sites (N-methyl/N-ethyl adjacent to an activating group) is 1. The summed E-state index contributed by atoms with van der Waals surface area (Å²) in [6.45, 7) is 6.93. The van der Waals surface area contributed by atoms with E-state index >= 15 is 0 Å². The van der Waals surface area contributed by atoms with Crippen molar-refractivity contribution in [1.29, 1.82) is 0 Å². The minimum atomic E-state index is -4.48. The first kappa shape index (κ1) is 33.2. The largest absolute Gasteiger partial charge is 0.490 e. The Kier molecular flexibility index (Phi) is 12.0. The predicted octanol–water partition coefficient (Wildman–Crippen LogP) is 5.36. The molecule has 0 unspecified atom stereocenters. The molecule has 1 aliphatic rings. The van der Waals surface area contributed by atoms with Crippen LogP contribution < -0.4 is 20.7 Å². The van der Waals surface area contributed by atoms with Gasteiger partial charge in [0.2, 0.25) is 0 Å². The average molecular weight is 595 g/mol. The number of fused-ring (bicyclic) bond motifs is 1. The molecule has 0 saturated heterocycles. The molecular formula is C30H41F3N4O5. The summed E-state index contributed by atoms with van der Waals surface area (Å²) >= 11 is 0. The van der Waals surface area contributed by atoms with Gasteiger partial charge in [0.15, 0.2) is 0 Å². The van der Waals surface area contributed by atoms with E-state index in [1.807, 2.05) is 20.9 Å². The first-order chi connectivity index (χ1) is 19.9. The highest BCUT2D eigenvalue weighted by Gasteiger charge is 2.31. The molecule has 0 aromatic heterocycles. The van der Waals surface area contributed by atoms with E-state index in [-0.39, 0.29) is 47.6 Å². The van der Waals surface area contributed by atoms with Crippen LogP contribution in [0.2, 0.25) is 0 Å². The molecule has 232 valence electrons. The van der Waals surface area contributed by atoms with Crippen molar-refractivity contribution in [3.8, 4) is 5.75 Å². The third-order valence-electron chi connectivity index (χ3n) is 7.18. The molecule has 0 spiro atoms. The second-order valence-corrected chi connectivity index (χ2v) is 10.7. The molecule has 4 N–H and O–H groups in total. The van der Waals surface area contributed by atoms with Gasteiger partial charge in [-0.3, -0.25) is 4.79 Å². The van der Waals surface area contributed by atoms with Crippen LogP contribution in [0.25, 0.3) is 0 Å². The van der Waals surface area contributed by atoms with Crippen LogP contribution in [-0.2, 0) is 10.9 Å². The second kappa shape index (κ2) is 15.2. The molecule has 1 aliphatic heterocycles. The van der Waals surface area contributed by atoms with Gasteiger partial charge < -0.3 is 35.4 Å². The Balaban J connectivity index is 1.89. The minimum Gasteiger partial charge on any atom is -0.490 e. The van der Waals surface area contributed by atoms with Crippen LogP contribution in [0.5, 0.6) is 5.75 Å². The Morgan fingerprint density at radius 1 is 1.10 bits per heavy atom. The summed E-state index contributed by atoms with van der Waals surface area (Å²) in [6.07, 6.45) is -2.34. The summed E-state index contributed by atoms with van der Waals surface area (Å²) in [6, 6.07) is 7.58. The normalized spacial score (nSPS) is 21.5. The van der Waals surface area contributed by atoms with E-state index in [2.05, 4.69) is 16.0 Å². The molecule has 0 radical (unpaired) electrons. The number of ether oxygens (including phenoxy) is 2. The third-order valence-corrected chi connectivity index (χ3v) is 7.18. The van der Waals surface area contributed by atoms with Crippen molar-refractivity contribution in [2.75, 3.05) is 44.0 Å². The number of nitrogens with one attached hydrogen (secondary N) is 3. The highest BCUT2D eigenvalue weighted by Crippen LogP contribution is 2.31. The number of rotatable bonds is 6. The molecule has 2 aromatic rings. The van der Waals surface area contributed by atoms with Crippen LogP contribution in [0.15, 0.2) is 42.5 Å². The molecular weight excluding hydrogens is 553 g/mol. The number of amides is 3. The Labute approximate surface area is 244 Å². The molecule has 3 amide bonds. The van der Waals surface area contributed by atoms with Crippen LogP contribution in [0.1, 0.15) is 56.0 Å². The first-order valence-electron chi connectivity index (χ1n) is 14.2. The van der Waals surface area contributed by atoms with Crippen molar-refractivity contribution in [3.63, 3.8) is 0 Å². The molecule has 0 bridgehead atoms. The smallest absolute Gasteiger partial charge is 0.416 e. The number of anilines is 2. The van der Waals surface area contributed by atoms with Gasteiger partial charge >= 0.3 is 12.2 Å². The number of carbonyl (C=O) groups is 2. The number of alkyl halides is 3. The maximum absolute atomic E-state index is 14.0. The van der Waals surface area contributed by atoms with E-state index in [9.17, 15) is 27.9 Å². The molecule has 0 aliphatic carbocycles. The Morgan fingerprint density at radius 3 is 2.40 bits per heavy atom. The topological polar surface area (TPSA) is 112 Å². The van der Waals surface area contributed by atoms with Gasteiger partial charge in [-0.25, -0.2) is 4.79 Å². The van der Waals surface area contributed by atoms with Gasteiger partial charge in [-0.15, -0.1) is 0 Å². The van der Waals surface area contributed by atoms with Gasteiger partial charge in [0, 0.05) is 37.0 Å². The van der Waals surface area contributed by atoms with Crippen molar-refractivity contribution in [1.82, 2.24) is 10.2 Å². The maximum Gasteiger partial charge on any atom is 0.416 e. The molecule has 4 atom stereocenters. The Bertz CT molecular complexity index is 1180. The summed E-state index contributed by atoms with van der Waals surface area (Å²) in [5, 5.41) is 18.3. The molecule has 12 heteroatoms. The summed E-state index contributed by atoms with van der Waals surface area (Å²) in [4.78, 5) is 28.3. The lowest BCUT2D eigenvalue weighted by Crippen LogP contribution is -2.47. The van der Waals surface area contributed by atoms with Crippen molar-refractivity contribution >= 4 is 23.3 Å². The molecule has 42 heavy (non-hydrogen) atoms. The summed E-state index contributed by atoms with van der Waals surface area (Å²) < 4.78 is 50.9. The fourth-order valence-corrected chi connectivity index (χ4v) is 4.73. The second-order valence-electron chi connectivity index (χ2n) is 10.7. The number of aliphatic hydroxyl groups is 1. The number of benzene rings is 2. The molecule has 0 fully saturated rings. The number of urea groups is 1. The van der Waals surface area contributed by atoms with E-state index in [0.717, 1.165) is 43.5 Å². The van der Waals surface area contributed by atoms with Gasteiger partial charge in [-0.2, -0.15) is 13.2 Å². The van der Waals surface area contributed by atoms with E-state index in [0.29, 0.717) is 25.4 Å². The summed E-state index contributed by atoms with van der Waals surface area (Å²) in [5.41, 5.74) is -0.163. The number of hydrogen-bond donors (Lipinski definition) is 4. The average Bonchev–Trinajstić information content (AvgIpc) is 2.94. The third kappa shape index (κ3) is 9.33. The standard InChI is InChI=1S/C30H41F3N4O5/c1-19-17-37(20(2)18-38)28(39)25-15-24(36-29(40)35-23-10-8-22(9-11-23)30(31,32)33)12-13-26(25)42-21(3)7-5-6-14-41-27(19)16-34-4/h8-13,15,19-21,27,34,38H,5-7,14,16-18H2,1-4H3,(H2,35,36,40)/t19-,20+,21-,27-/m0/s1. The number of carbonyl (C=O) groups excluding carboxylic acids is 2. The van der Waals surface area contributed by atoms with E-state index in [1.165, 1.54) is 6.07 Å². The van der Waals surface area contributed by atoms with E-state index < -0.39 is 23.8 Å². The van der Waals surface area contributed by atoms with Crippen molar-refractivity contribution < 1.29 is 37.3 Å². The van der Waals surface area contributed by atoms with Gasteiger partial charge in [0.05, 0.1) is 36.0 Å². The minimum absolute atomic E-state index is 0.0579.